The van der Waals surface area contributed by atoms with Crippen LogP contribution in [0.15, 0.2) is 51.4 Å². The third-order valence-corrected chi connectivity index (χ3v) is 5.88. The maximum Gasteiger partial charge on any atom is 0.259 e. The highest BCUT2D eigenvalue weighted by atomic mass is 79.9. The Bertz CT molecular complexity index is 1200. The summed E-state index contributed by atoms with van der Waals surface area (Å²) in [6.45, 7) is 0. The van der Waals surface area contributed by atoms with Crippen LogP contribution in [0.1, 0.15) is 20.7 Å². The molecule has 0 radical (unpaired) electrons. The number of benzene rings is 3. The molecular formula is C21H12Br2Cl2F2N2O3. The van der Waals surface area contributed by atoms with Gasteiger partial charge in [0.1, 0.15) is 17.4 Å². The molecule has 0 aliphatic carbocycles. The summed E-state index contributed by atoms with van der Waals surface area (Å²) in [4.78, 5) is 25.5. The molecule has 0 heterocycles. The van der Waals surface area contributed by atoms with Crippen LogP contribution in [0, 0.1) is 11.6 Å². The first kappa shape index (κ1) is 24.4. The monoisotopic (exact) mass is 606 g/mol. The molecule has 3 aromatic carbocycles. The van der Waals surface area contributed by atoms with Crippen molar-refractivity contribution in [1.29, 1.82) is 0 Å². The van der Waals surface area contributed by atoms with Crippen LogP contribution in [0.4, 0.5) is 20.2 Å². The molecule has 0 fully saturated rings. The Morgan fingerprint density at radius 3 is 1.81 bits per heavy atom. The maximum atomic E-state index is 14.2. The van der Waals surface area contributed by atoms with Crippen LogP contribution < -0.4 is 15.4 Å². The Hall–Kier alpha value is -2.20. The van der Waals surface area contributed by atoms with Gasteiger partial charge in [0.25, 0.3) is 11.8 Å². The van der Waals surface area contributed by atoms with E-state index in [9.17, 15) is 18.4 Å². The number of hydrogen-bond acceptors (Lipinski definition) is 3. The predicted molar refractivity (Wildman–Crippen MR) is 127 cm³/mol. The van der Waals surface area contributed by atoms with Gasteiger partial charge in [0.15, 0.2) is 0 Å². The first-order chi connectivity index (χ1) is 15.1. The standard InChI is InChI=1S/C21H12Br2Cl2F2N2O3/c1-32-17-3-2-9(20(30)28-18-13(22)5-10(24)7-15(18)26)4-12(17)21(31)29-19-14(23)6-11(25)8-16(19)27/h2-8H,1H3,(H,28,30)(H,29,31). The first-order valence-electron chi connectivity index (χ1n) is 8.70. The van der Waals surface area contributed by atoms with Gasteiger partial charge >= 0.3 is 0 Å². The molecule has 3 aromatic rings. The lowest BCUT2D eigenvalue weighted by Gasteiger charge is -2.14. The quantitative estimate of drug-likeness (QED) is 0.319. The molecular weight excluding hydrogens is 597 g/mol. The summed E-state index contributed by atoms with van der Waals surface area (Å²) in [6.07, 6.45) is 0. The van der Waals surface area contributed by atoms with Gasteiger partial charge in [-0.25, -0.2) is 8.78 Å². The minimum Gasteiger partial charge on any atom is -0.496 e. The van der Waals surface area contributed by atoms with Gasteiger partial charge in [0.05, 0.1) is 24.0 Å². The number of halogens is 6. The average Bonchev–Trinajstić information content (AvgIpc) is 2.72. The van der Waals surface area contributed by atoms with E-state index in [1.54, 1.807) is 0 Å². The number of carbonyl (C=O) groups is 2. The van der Waals surface area contributed by atoms with Gasteiger partial charge in [-0.2, -0.15) is 0 Å². The highest BCUT2D eigenvalue weighted by Gasteiger charge is 2.20. The van der Waals surface area contributed by atoms with Crippen LogP contribution in [0.3, 0.4) is 0 Å². The van der Waals surface area contributed by atoms with Crippen LogP contribution in [0.25, 0.3) is 0 Å². The minimum atomic E-state index is -0.756. The number of carbonyl (C=O) groups excluding carboxylic acids is 2. The van der Waals surface area contributed by atoms with E-state index in [4.69, 9.17) is 27.9 Å². The number of anilines is 2. The largest absolute Gasteiger partial charge is 0.496 e. The highest BCUT2D eigenvalue weighted by molar-refractivity contribution is 9.11. The lowest BCUT2D eigenvalue weighted by Crippen LogP contribution is -2.18. The van der Waals surface area contributed by atoms with Crippen molar-refractivity contribution < 1.29 is 23.1 Å². The lowest BCUT2D eigenvalue weighted by molar-refractivity contribution is 0.102. The SMILES string of the molecule is COc1ccc(C(=O)Nc2c(F)cc(Cl)cc2Br)cc1C(=O)Nc1c(F)cc(Cl)cc1Br. The zero-order valence-electron chi connectivity index (χ0n) is 16.0. The van der Waals surface area contributed by atoms with Crippen molar-refractivity contribution in [1.82, 2.24) is 0 Å². The molecule has 5 nitrogen and oxygen atoms in total. The second-order valence-electron chi connectivity index (χ2n) is 6.31. The van der Waals surface area contributed by atoms with Crippen molar-refractivity contribution in [2.45, 2.75) is 0 Å². The molecule has 0 atom stereocenters. The van der Waals surface area contributed by atoms with E-state index in [2.05, 4.69) is 42.5 Å². The van der Waals surface area contributed by atoms with Gasteiger partial charge < -0.3 is 15.4 Å². The second-order valence-corrected chi connectivity index (χ2v) is 8.89. The Morgan fingerprint density at radius 1 is 0.844 bits per heavy atom. The fourth-order valence-electron chi connectivity index (χ4n) is 2.72. The summed E-state index contributed by atoms with van der Waals surface area (Å²) in [7, 11) is 1.34. The van der Waals surface area contributed by atoms with Crippen LogP contribution in [-0.2, 0) is 0 Å². The molecule has 0 aromatic heterocycles. The second kappa shape index (κ2) is 10.2. The summed E-state index contributed by atoms with van der Waals surface area (Å²) >= 11 is 17.9. The molecule has 0 saturated carbocycles. The molecule has 2 amide bonds. The van der Waals surface area contributed by atoms with Crippen molar-refractivity contribution in [3.63, 3.8) is 0 Å². The third-order valence-electron chi connectivity index (χ3n) is 4.20. The summed E-state index contributed by atoms with van der Waals surface area (Å²) in [6, 6.07) is 8.96. The summed E-state index contributed by atoms with van der Waals surface area (Å²) in [5.41, 5.74) is -0.262. The van der Waals surface area contributed by atoms with Gasteiger partial charge in [-0.1, -0.05) is 23.2 Å². The summed E-state index contributed by atoms with van der Waals surface area (Å²) in [5.74, 6) is -2.79. The van der Waals surface area contributed by atoms with Gasteiger partial charge in [0, 0.05) is 24.6 Å². The Kier molecular flexibility index (Phi) is 7.76. The molecule has 0 aliphatic rings. The van der Waals surface area contributed by atoms with Gasteiger partial charge in [-0.3, -0.25) is 9.59 Å². The predicted octanol–water partition coefficient (Wildman–Crippen LogP) is 7.31. The number of nitrogens with one attached hydrogen (secondary N) is 2. The number of hydrogen-bond donors (Lipinski definition) is 2. The molecule has 0 bridgehead atoms. The van der Waals surface area contributed by atoms with E-state index in [0.717, 1.165) is 12.1 Å². The number of methoxy groups -OCH3 is 1. The fraction of sp³-hybridized carbons (Fsp3) is 0.0476. The molecule has 3 rings (SSSR count). The van der Waals surface area contributed by atoms with E-state index < -0.39 is 23.4 Å². The van der Waals surface area contributed by atoms with Crippen molar-refractivity contribution in [3.8, 4) is 5.75 Å². The zero-order valence-corrected chi connectivity index (χ0v) is 20.7. The van der Waals surface area contributed by atoms with Crippen molar-refractivity contribution in [3.05, 3.63) is 84.2 Å². The average molecular weight is 609 g/mol. The van der Waals surface area contributed by atoms with Crippen LogP contribution in [0.5, 0.6) is 5.75 Å². The van der Waals surface area contributed by atoms with Crippen LogP contribution in [0.2, 0.25) is 10.0 Å². The van der Waals surface area contributed by atoms with E-state index >= 15 is 0 Å². The van der Waals surface area contributed by atoms with Gasteiger partial charge in [0.2, 0.25) is 0 Å². The maximum absolute atomic E-state index is 14.2. The summed E-state index contributed by atoms with van der Waals surface area (Å²) < 4.78 is 34.1. The van der Waals surface area contributed by atoms with Crippen molar-refractivity contribution in [2.24, 2.45) is 0 Å². The molecule has 2 N–H and O–H groups in total. The van der Waals surface area contributed by atoms with Crippen LogP contribution in [-0.4, -0.2) is 18.9 Å². The smallest absolute Gasteiger partial charge is 0.259 e. The molecule has 0 spiro atoms. The Morgan fingerprint density at radius 2 is 1.34 bits per heavy atom. The fourth-order valence-corrected chi connectivity index (χ4v) is 4.46. The Labute approximate surface area is 208 Å². The summed E-state index contributed by atoms with van der Waals surface area (Å²) in [5, 5.41) is 5.14. The topological polar surface area (TPSA) is 67.4 Å². The number of rotatable bonds is 5. The number of ether oxygens (including phenoxy) is 1. The molecule has 32 heavy (non-hydrogen) atoms. The van der Waals surface area contributed by atoms with E-state index in [1.165, 1.54) is 37.4 Å². The molecule has 0 saturated heterocycles. The molecule has 0 aliphatic heterocycles. The highest BCUT2D eigenvalue weighted by Crippen LogP contribution is 2.32. The number of amides is 2. The van der Waals surface area contributed by atoms with Gasteiger partial charge in [-0.05, 0) is 74.3 Å². The van der Waals surface area contributed by atoms with Gasteiger partial charge in [-0.15, -0.1) is 0 Å². The molecule has 166 valence electrons. The lowest BCUT2D eigenvalue weighted by atomic mass is 10.1. The van der Waals surface area contributed by atoms with E-state index in [1.807, 2.05) is 0 Å². The first-order valence-corrected chi connectivity index (χ1v) is 11.0. The Balaban J connectivity index is 1.92. The zero-order chi connectivity index (χ0) is 23.6. The molecule has 11 heteroatoms. The van der Waals surface area contributed by atoms with Crippen molar-refractivity contribution in [2.75, 3.05) is 17.7 Å². The minimum absolute atomic E-state index is 0.0350. The van der Waals surface area contributed by atoms with E-state index in [-0.39, 0.29) is 47.2 Å². The normalized spacial score (nSPS) is 10.6. The van der Waals surface area contributed by atoms with Crippen LogP contribution >= 0.6 is 55.1 Å². The van der Waals surface area contributed by atoms with Crippen molar-refractivity contribution >= 4 is 78.3 Å². The van der Waals surface area contributed by atoms with E-state index in [0.29, 0.717) is 0 Å². The third kappa shape index (κ3) is 5.40. The molecule has 0 unspecified atom stereocenters.